The van der Waals surface area contributed by atoms with Gasteiger partial charge in [0.05, 0.1) is 0 Å². The molecule has 0 aliphatic heterocycles. The van der Waals surface area contributed by atoms with Crippen LogP contribution in [0.4, 0.5) is 19.1 Å². The Morgan fingerprint density at radius 1 is 1.44 bits per heavy atom. The van der Waals surface area contributed by atoms with Gasteiger partial charge in [0.2, 0.25) is 5.95 Å². The van der Waals surface area contributed by atoms with E-state index < -0.39 is 17.8 Å². The van der Waals surface area contributed by atoms with Crippen LogP contribution < -0.4 is 5.73 Å². The van der Waals surface area contributed by atoms with Crippen molar-refractivity contribution in [2.45, 2.75) is 12.6 Å². The molecule has 2 N–H and O–H groups in total. The summed E-state index contributed by atoms with van der Waals surface area (Å²) in [4.78, 5) is 6.70. The highest BCUT2D eigenvalue weighted by molar-refractivity contribution is 6.17. The first-order valence-electron chi connectivity index (χ1n) is 4.37. The molecular formula is C9H9ClF3N3. The van der Waals surface area contributed by atoms with E-state index in [0.717, 1.165) is 6.20 Å². The van der Waals surface area contributed by atoms with Crippen LogP contribution in [-0.2, 0) is 6.18 Å². The fourth-order valence-electron chi connectivity index (χ4n) is 1.03. The zero-order valence-electron chi connectivity index (χ0n) is 8.13. The van der Waals surface area contributed by atoms with Gasteiger partial charge in [-0.25, -0.2) is 9.97 Å². The number of allylic oxidation sites excluding steroid dienone is 1. The number of nitrogen functional groups attached to an aromatic ring is 1. The van der Waals surface area contributed by atoms with Crippen molar-refractivity contribution >= 4 is 23.6 Å². The molecule has 7 heteroatoms. The highest BCUT2D eigenvalue weighted by Crippen LogP contribution is 2.31. The van der Waals surface area contributed by atoms with Crippen LogP contribution >= 0.6 is 11.6 Å². The predicted octanol–water partition coefficient (Wildman–Crippen LogP) is 2.72. The summed E-state index contributed by atoms with van der Waals surface area (Å²) in [6, 6.07) is 0. The molecule has 0 saturated heterocycles. The van der Waals surface area contributed by atoms with Gasteiger partial charge in [0.1, 0.15) is 0 Å². The minimum absolute atomic E-state index is 0.119. The Kier molecular flexibility index (Phi) is 4.12. The molecule has 0 aliphatic carbocycles. The minimum Gasteiger partial charge on any atom is -0.368 e. The van der Waals surface area contributed by atoms with Crippen molar-refractivity contribution in [1.82, 2.24) is 9.97 Å². The van der Waals surface area contributed by atoms with Crippen LogP contribution in [-0.4, -0.2) is 15.8 Å². The molecule has 0 unspecified atom stereocenters. The van der Waals surface area contributed by atoms with Crippen molar-refractivity contribution in [1.29, 1.82) is 0 Å². The number of hydrogen-bond acceptors (Lipinski definition) is 3. The lowest BCUT2D eigenvalue weighted by Gasteiger charge is -2.08. The van der Waals surface area contributed by atoms with Crippen LogP contribution in [0.15, 0.2) is 12.3 Å². The van der Waals surface area contributed by atoms with Gasteiger partial charge in [-0.15, -0.1) is 11.6 Å². The number of nitrogens with zero attached hydrogens (tertiary/aromatic N) is 2. The standard InChI is InChI=1S/C9H9ClF3N3/c10-4-2-1-3-6-5-15-8(14)16-7(6)9(11,12)13/h1,3,5H,2,4H2,(H2,14,15,16). The molecule has 88 valence electrons. The number of nitrogens with two attached hydrogens (primary N) is 1. The monoisotopic (exact) mass is 251 g/mol. The Bertz CT molecular complexity index is 390. The summed E-state index contributed by atoms with van der Waals surface area (Å²) < 4.78 is 37.6. The van der Waals surface area contributed by atoms with E-state index in [0.29, 0.717) is 12.3 Å². The zero-order valence-corrected chi connectivity index (χ0v) is 8.89. The second-order valence-electron chi connectivity index (χ2n) is 2.91. The van der Waals surface area contributed by atoms with Crippen molar-refractivity contribution in [3.63, 3.8) is 0 Å². The number of aromatic nitrogens is 2. The highest BCUT2D eigenvalue weighted by atomic mass is 35.5. The van der Waals surface area contributed by atoms with E-state index in [4.69, 9.17) is 17.3 Å². The molecule has 1 aromatic heterocycles. The first-order valence-corrected chi connectivity index (χ1v) is 4.91. The van der Waals surface area contributed by atoms with Gasteiger partial charge in [0.25, 0.3) is 0 Å². The molecule has 1 heterocycles. The van der Waals surface area contributed by atoms with Crippen molar-refractivity contribution < 1.29 is 13.2 Å². The number of alkyl halides is 4. The molecule has 0 saturated carbocycles. The number of halogens is 4. The molecule has 0 spiro atoms. The van der Waals surface area contributed by atoms with Gasteiger partial charge in [-0.1, -0.05) is 12.2 Å². The van der Waals surface area contributed by atoms with Crippen molar-refractivity contribution in [3.05, 3.63) is 23.5 Å². The van der Waals surface area contributed by atoms with E-state index in [1.807, 2.05) is 0 Å². The molecule has 1 rings (SSSR count). The van der Waals surface area contributed by atoms with E-state index >= 15 is 0 Å². The van der Waals surface area contributed by atoms with Gasteiger partial charge >= 0.3 is 6.18 Å². The number of rotatable bonds is 3. The normalized spacial score (nSPS) is 12.2. The Labute approximate surface area is 95.1 Å². The molecule has 1 aromatic rings. The molecule has 0 atom stereocenters. The highest BCUT2D eigenvalue weighted by Gasteiger charge is 2.35. The maximum Gasteiger partial charge on any atom is 0.434 e. The van der Waals surface area contributed by atoms with Gasteiger partial charge < -0.3 is 5.73 Å². The molecule has 0 aromatic carbocycles. The Morgan fingerprint density at radius 3 is 2.69 bits per heavy atom. The van der Waals surface area contributed by atoms with E-state index in [1.165, 1.54) is 12.2 Å². The minimum atomic E-state index is -4.54. The molecule has 0 amide bonds. The second kappa shape index (κ2) is 5.16. The maximum atomic E-state index is 12.5. The fraction of sp³-hybridized carbons (Fsp3) is 0.333. The summed E-state index contributed by atoms with van der Waals surface area (Å²) in [6.45, 7) is 0. The SMILES string of the molecule is Nc1ncc(C=CCCCl)c(C(F)(F)F)n1. The lowest BCUT2D eigenvalue weighted by Crippen LogP contribution is -2.12. The quantitative estimate of drug-likeness (QED) is 0.841. The summed E-state index contributed by atoms with van der Waals surface area (Å²) in [5.74, 6) is -0.0601. The lowest BCUT2D eigenvalue weighted by atomic mass is 10.2. The molecule has 16 heavy (non-hydrogen) atoms. The van der Waals surface area contributed by atoms with Gasteiger partial charge in [-0.05, 0) is 6.42 Å². The molecule has 0 bridgehead atoms. The first-order chi connectivity index (χ1) is 7.45. The summed E-state index contributed by atoms with van der Waals surface area (Å²) in [5.41, 5.74) is 3.96. The third-order valence-corrected chi connectivity index (χ3v) is 1.90. The number of hydrogen-bond donors (Lipinski definition) is 1. The van der Waals surface area contributed by atoms with E-state index in [-0.39, 0.29) is 5.56 Å². The van der Waals surface area contributed by atoms with Crippen molar-refractivity contribution in [2.24, 2.45) is 0 Å². The van der Waals surface area contributed by atoms with Gasteiger partial charge in [0.15, 0.2) is 5.69 Å². The van der Waals surface area contributed by atoms with Crippen LogP contribution in [0, 0.1) is 0 Å². The summed E-state index contributed by atoms with van der Waals surface area (Å²) >= 11 is 5.40. The van der Waals surface area contributed by atoms with Crippen LogP contribution in [0.2, 0.25) is 0 Å². The van der Waals surface area contributed by atoms with Crippen molar-refractivity contribution in [3.8, 4) is 0 Å². The van der Waals surface area contributed by atoms with Crippen LogP contribution in [0.1, 0.15) is 17.7 Å². The summed E-state index contributed by atoms with van der Waals surface area (Å²) in [6.07, 6.45) is -0.224. The summed E-state index contributed by atoms with van der Waals surface area (Å²) in [7, 11) is 0. The van der Waals surface area contributed by atoms with Gasteiger partial charge in [-0.3, -0.25) is 0 Å². The first kappa shape index (κ1) is 12.8. The van der Waals surface area contributed by atoms with Crippen LogP contribution in [0.25, 0.3) is 6.08 Å². The van der Waals surface area contributed by atoms with Crippen LogP contribution in [0.5, 0.6) is 0 Å². The van der Waals surface area contributed by atoms with E-state index in [9.17, 15) is 13.2 Å². The average molecular weight is 252 g/mol. The third kappa shape index (κ3) is 3.37. The second-order valence-corrected chi connectivity index (χ2v) is 3.29. The van der Waals surface area contributed by atoms with Gasteiger partial charge in [-0.2, -0.15) is 13.2 Å². The van der Waals surface area contributed by atoms with E-state index in [2.05, 4.69) is 9.97 Å². The lowest BCUT2D eigenvalue weighted by molar-refractivity contribution is -0.141. The van der Waals surface area contributed by atoms with Gasteiger partial charge in [0, 0.05) is 17.6 Å². The molecule has 0 aliphatic rings. The topological polar surface area (TPSA) is 51.8 Å². The fourth-order valence-corrected chi connectivity index (χ4v) is 1.15. The molecule has 0 radical (unpaired) electrons. The zero-order chi connectivity index (χ0) is 12.2. The van der Waals surface area contributed by atoms with Crippen LogP contribution in [0.3, 0.4) is 0 Å². The molecule has 3 nitrogen and oxygen atoms in total. The predicted molar refractivity (Wildman–Crippen MR) is 55.8 cm³/mol. The Morgan fingerprint density at radius 2 is 2.12 bits per heavy atom. The van der Waals surface area contributed by atoms with Crippen molar-refractivity contribution in [2.75, 3.05) is 11.6 Å². The smallest absolute Gasteiger partial charge is 0.368 e. The Balaban J connectivity index is 3.08. The summed E-state index contributed by atoms with van der Waals surface area (Å²) in [5, 5.41) is 0. The number of anilines is 1. The Hall–Kier alpha value is -1.30. The molecule has 0 fully saturated rings. The molecular weight excluding hydrogens is 243 g/mol. The third-order valence-electron chi connectivity index (χ3n) is 1.68. The largest absolute Gasteiger partial charge is 0.434 e. The maximum absolute atomic E-state index is 12.5. The average Bonchev–Trinajstić information content (AvgIpc) is 2.19. The van der Waals surface area contributed by atoms with E-state index in [1.54, 1.807) is 0 Å².